The molecule has 0 amide bonds. The molecule has 1 aliphatic carbocycles. The Hall–Kier alpha value is -1.23. The fourth-order valence-electron chi connectivity index (χ4n) is 1.57. The van der Waals surface area contributed by atoms with Crippen LogP contribution in [0.1, 0.15) is 12.8 Å². The Morgan fingerprint density at radius 2 is 2.27 bits per heavy atom. The third kappa shape index (κ3) is 2.41. The first kappa shape index (κ1) is 11.8. The van der Waals surface area contributed by atoms with E-state index in [1.54, 1.807) is 25.1 Å². The molecule has 0 fully saturated rings. The molecule has 0 aliphatic heterocycles. The lowest BCUT2D eigenvalue weighted by Crippen LogP contribution is -2.32. The molecule has 1 atom stereocenters. The Morgan fingerprint density at radius 3 is 2.73 bits per heavy atom. The minimum atomic E-state index is -1.83. The van der Waals surface area contributed by atoms with Crippen molar-refractivity contribution in [2.45, 2.75) is 18.5 Å². The number of aliphatic hydroxyl groups excluding tert-OH is 1. The van der Waals surface area contributed by atoms with Crippen LogP contribution in [0, 0.1) is 4.91 Å². The van der Waals surface area contributed by atoms with E-state index >= 15 is 0 Å². The van der Waals surface area contributed by atoms with Gasteiger partial charge in [-0.05, 0) is 17.3 Å². The van der Waals surface area contributed by atoms with Gasteiger partial charge in [-0.3, -0.25) is 0 Å². The topological polar surface area (TPSA) is 52.9 Å². The summed E-state index contributed by atoms with van der Waals surface area (Å²) in [6, 6.07) is 0. The molecule has 0 bridgehead atoms. The van der Waals surface area contributed by atoms with E-state index in [2.05, 4.69) is 5.18 Å². The van der Waals surface area contributed by atoms with Crippen LogP contribution in [0.3, 0.4) is 0 Å². The molecule has 84 valence electrons. The molecule has 0 heterocycles. The number of halogens is 1. The van der Waals surface area contributed by atoms with Gasteiger partial charge in [0.1, 0.15) is 5.70 Å². The molecule has 0 spiro atoms. The van der Waals surface area contributed by atoms with E-state index in [9.17, 15) is 9.30 Å². The summed E-state index contributed by atoms with van der Waals surface area (Å²) in [6.45, 7) is -0.302. The van der Waals surface area contributed by atoms with E-state index in [4.69, 9.17) is 5.11 Å². The molecule has 0 aromatic carbocycles. The molecule has 0 radical (unpaired) electrons. The second kappa shape index (κ2) is 4.53. The zero-order valence-corrected chi connectivity index (χ0v) is 8.90. The average Bonchev–Trinajstić information content (AvgIpc) is 2.17. The molecular formula is C10H15FN2O2. The largest absolute Gasteiger partial charge is 0.396 e. The fraction of sp³-hybridized carbons (Fsp3) is 0.600. The summed E-state index contributed by atoms with van der Waals surface area (Å²) in [7, 11) is 3.61. The van der Waals surface area contributed by atoms with Crippen molar-refractivity contribution in [1.29, 1.82) is 0 Å². The van der Waals surface area contributed by atoms with Crippen molar-refractivity contribution in [3.8, 4) is 0 Å². The number of hydrogen-bond acceptors (Lipinski definition) is 4. The van der Waals surface area contributed by atoms with Gasteiger partial charge in [0.05, 0.1) is 0 Å². The van der Waals surface area contributed by atoms with E-state index in [1.165, 1.54) is 6.08 Å². The normalized spacial score (nSPS) is 25.6. The van der Waals surface area contributed by atoms with E-state index in [0.717, 1.165) is 5.70 Å². The molecule has 0 aromatic heterocycles. The first-order valence-corrected chi connectivity index (χ1v) is 4.75. The molecule has 15 heavy (non-hydrogen) atoms. The Labute approximate surface area is 88.1 Å². The Morgan fingerprint density at radius 1 is 1.60 bits per heavy atom. The Balaban J connectivity index is 2.97. The number of alkyl halides is 1. The van der Waals surface area contributed by atoms with E-state index in [0.29, 0.717) is 0 Å². The molecule has 0 saturated heterocycles. The van der Waals surface area contributed by atoms with Crippen LogP contribution >= 0.6 is 0 Å². The molecule has 0 saturated carbocycles. The van der Waals surface area contributed by atoms with Gasteiger partial charge in [-0.2, -0.15) is 0 Å². The van der Waals surface area contributed by atoms with Gasteiger partial charge in [-0.25, -0.2) is 4.39 Å². The summed E-state index contributed by atoms with van der Waals surface area (Å²) in [4.78, 5) is 12.2. The summed E-state index contributed by atoms with van der Waals surface area (Å²) in [5, 5.41) is 11.5. The Bertz CT molecular complexity index is 313. The van der Waals surface area contributed by atoms with Crippen molar-refractivity contribution in [1.82, 2.24) is 4.90 Å². The maximum Gasteiger partial charge on any atom is 0.163 e. The monoisotopic (exact) mass is 214 g/mol. The van der Waals surface area contributed by atoms with Crippen LogP contribution in [0.15, 0.2) is 28.7 Å². The summed E-state index contributed by atoms with van der Waals surface area (Å²) in [5.41, 5.74) is -1.19. The number of aliphatic hydroxyl groups is 1. The molecule has 0 aromatic rings. The highest BCUT2D eigenvalue weighted by atomic mass is 19.1. The average molecular weight is 214 g/mol. The van der Waals surface area contributed by atoms with Gasteiger partial charge in [0.25, 0.3) is 0 Å². The maximum absolute atomic E-state index is 14.3. The quantitative estimate of drug-likeness (QED) is 0.723. The van der Waals surface area contributed by atoms with Crippen molar-refractivity contribution in [3.05, 3.63) is 28.5 Å². The molecule has 1 N–H and O–H groups in total. The van der Waals surface area contributed by atoms with Crippen LogP contribution in [-0.2, 0) is 0 Å². The third-order valence-corrected chi connectivity index (χ3v) is 2.53. The third-order valence-electron chi connectivity index (χ3n) is 2.53. The maximum atomic E-state index is 14.3. The van der Waals surface area contributed by atoms with Gasteiger partial charge in [0, 0.05) is 39.2 Å². The van der Waals surface area contributed by atoms with Crippen LogP contribution < -0.4 is 0 Å². The standard InChI is InChI=1S/C10H15FN2O2/c1-13(2)8-3-4-9(12-15)10(11,7-8)5-6-14/h3-4,14H,5-7H2,1-2H3. The number of nitrogens with zero attached hydrogens (tertiary/aromatic N) is 2. The fourth-order valence-corrected chi connectivity index (χ4v) is 1.57. The number of rotatable bonds is 4. The van der Waals surface area contributed by atoms with Gasteiger partial charge in [-0.1, -0.05) is 0 Å². The van der Waals surface area contributed by atoms with Crippen LogP contribution in [0.2, 0.25) is 0 Å². The van der Waals surface area contributed by atoms with Crippen LogP contribution in [-0.4, -0.2) is 36.4 Å². The highest BCUT2D eigenvalue weighted by Gasteiger charge is 2.38. The second-order valence-electron chi connectivity index (χ2n) is 3.81. The summed E-state index contributed by atoms with van der Waals surface area (Å²) < 4.78 is 14.3. The van der Waals surface area contributed by atoms with Crippen LogP contribution in [0.4, 0.5) is 4.39 Å². The highest BCUT2D eigenvalue weighted by Crippen LogP contribution is 2.37. The highest BCUT2D eigenvalue weighted by molar-refractivity contribution is 5.31. The first-order valence-electron chi connectivity index (χ1n) is 4.75. The molecule has 1 aliphatic rings. The molecule has 4 nitrogen and oxygen atoms in total. The summed E-state index contributed by atoms with van der Waals surface area (Å²) >= 11 is 0. The van der Waals surface area contributed by atoms with Gasteiger partial charge < -0.3 is 10.0 Å². The molecule has 1 rings (SSSR count). The predicted octanol–water partition coefficient (Wildman–Crippen LogP) is 1.58. The van der Waals surface area contributed by atoms with E-state index in [-0.39, 0.29) is 25.1 Å². The van der Waals surface area contributed by atoms with Gasteiger partial charge in [0.2, 0.25) is 0 Å². The minimum absolute atomic E-state index is 0.0815. The summed E-state index contributed by atoms with van der Waals surface area (Å²) in [6.07, 6.45) is 3.03. The zero-order valence-electron chi connectivity index (χ0n) is 8.90. The first-order chi connectivity index (χ1) is 7.03. The molecule has 1 unspecified atom stereocenters. The van der Waals surface area contributed by atoms with Crippen LogP contribution in [0.25, 0.3) is 0 Å². The SMILES string of the molecule is CN(C)C1=CC=C(N=O)C(F)(CCO)C1. The van der Waals surface area contributed by atoms with Gasteiger partial charge >= 0.3 is 0 Å². The van der Waals surface area contributed by atoms with Gasteiger partial charge in [-0.15, -0.1) is 4.91 Å². The number of nitroso groups, excluding NO2 is 1. The molecular weight excluding hydrogens is 199 g/mol. The predicted molar refractivity (Wildman–Crippen MR) is 55.8 cm³/mol. The number of hydrogen-bond donors (Lipinski definition) is 1. The van der Waals surface area contributed by atoms with Crippen molar-refractivity contribution in [2.24, 2.45) is 5.18 Å². The summed E-state index contributed by atoms with van der Waals surface area (Å²) in [5.74, 6) is 0. The van der Waals surface area contributed by atoms with Crippen molar-refractivity contribution >= 4 is 0 Å². The van der Waals surface area contributed by atoms with Crippen molar-refractivity contribution in [3.63, 3.8) is 0 Å². The lowest BCUT2D eigenvalue weighted by atomic mass is 9.88. The smallest absolute Gasteiger partial charge is 0.163 e. The molecule has 5 heteroatoms. The second-order valence-corrected chi connectivity index (χ2v) is 3.81. The number of allylic oxidation sites excluding steroid dienone is 4. The lowest BCUT2D eigenvalue weighted by molar-refractivity contribution is 0.138. The minimum Gasteiger partial charge on any atom is -0.396 e. The van der Waals surface area contributed by atoms with Crippen LogP contribution in [0.5, 0.6) is 0 Å². The van der Waals surface area contributed by atoms with Crippen molar-refractivity contribution < 1.29 is 9.50 Å². The lowest BCUT2D eigenvalue weighted by Gasteiger charge is -2.30. The van der Waals surface area contributed by atoms with E-state index < -0.39 is 5.67 Å². The van der Waals surface area contributed by atoms with Gasteiger partial charge in [0.15, 0.2) is 5.67 Å². The van der Waals surface area contributed by atoms with E-state index in [1.807, 2.05) is 0 Å². The Kier molecular flexibility index (Phi) is 3.57. The van der Waals surface area contributed by atoms with Crippen molar-refractivity contribution in [2.75, 3.05) is 20.7 Å². The zero-order chi connectivity index (χ0) is 11.5.